The van der Waals surface area contributed by atoms with Gasteiger partial charge in [-0.2, -0.15) is 0 Å². The molecule has 7 heteroatoms. The smallest absolute Gasteiger partial charge is 0.264 e. The van der Waals surface area contributed by atoms with Crippen LogP contribution in [-0.4, -0.2) is 28.4 Å². The Labute approximate surface area is 142 Å². The fourth-order valence-corrected chi connectivity index (χ4v) is 2.94. The van der Waals surface area contributed by atoms with Crippen LogP contribution in [0, 0.1) is 0 Å². The normalized spacial score (nSPS) is 17.3. The molecular formula is C17H14N2O4S. The van der Waals surface area contributed by atoms with Gasteiger partial charge >= 0.3 is 0 Å². The minimum absolute atomic E-state index is 0.0364. The summed E-state index contributed by atoms with van der Waals surface area (Å²) in [7, 11) is 1.46. The summed E-state index contributed by atoms with van der Waals surface area (Å²) in [4.78, 5) is 16.8. The molecule has 1 amide bonds. The molecule has 0 bridgehead atoms. The molecule has 2 aromatic carbocycles. The van der Waals surface area contributed by atoms with Crippen LogP contribution < -0.4 is 10.1 Å². The molecule has 0 saturated carbocycles. The number of aliphatic imine (C=N–C) groups is 1. The fourth-order valence-electron chi connectivity index (χ4n) is 2.10. The summed E-state index contributed by atoms with van der Waals surface area (Å²) in [5.41, 5.74) is 1.27. The molecule has 0 radical (unpaired) electrons. The van der Waals surface area contributed by atoms with Gasteiger partial charge < -0.3 is 20.3 Å². The topological polar surface area (TPSA) is 91.2 Å². The van der Waals surface area contributed by atoms with Crippen molar-refractivity contribution >= 4 is 34.6 Å². The first-order valence-electron chi connectivity index (χ1n) is 7.01. The van der Waals surface area contributed by atoms with E-state index in [1.807, 2.05) is 0 Å². The molecule has 122 valence electrons. The predicted octanol–water partition coefficient (Wildman–Crippen LogP) is 3.00. The lowest BCUT2D eigenvalue weighted by Gasteiger charge is -2.03. The molecule has 6 nitrogen and oxygen atoms in total. The lowest BCUT2D eigenvalue weighted by molar-refractivity contribution is -0.115. The van der Waals surface area contributed by atoms with E-state index in [2.05, 4.69) is 10.3 Å². The second kappa shape index (κ2) is 6.67. The maximum Gasteiger partial charge on any atom is 0.264 e. The summed E-state index contributed by atoms with van der Waals surface area (Å²) >= 11 is 1.20. The number of hydrogen-bond donors (Lipinski definition) is 3. The Hall–Kier alpha value is -2.93. The van der Waals surface area contributed by atoms with Crippen LogP contribution >= 0.6 is 11.8 Å². The largest absolute Gasteiger partial charge is 0.508 e. The second-order valence-corrected chi connectivity index (χ2v) is 5.96. The molecule has 1 fully saturated rings. The first-order valence-corrected chi connectivity index (χ1v) is 7.82. The molecule has 0 atom stereocenters. The molecule has 1 aliphatic rings. The minimum Gasteiger partial charge on any atom is -0.508 e. The zero-order valence-corrected chi connectivity index (χ0v) is 13.5. The summed E-state index contributed by atoms with van der Waals surface area (Å²) in [6, 6.07) is 11.3. The third kappa shape index (κ3) is 3.52. The molecule has 2 aromatic rings. The Morgan fingerprint density at radius 2 is 2.04 bits per heavy atom. The van der Waals surface area contributed by atoms with Gasteiger partial charge in [0.1, 0.15) is 5.75 Å². The van der Waals surface area contributed by atoms with E-state index in [0.717, 1.165) is 5.56 Å². The first-order chi connectivity index (χ1) is 11.5. The van der Waals surface area contributed by atoms with Crippen molar-refractivity contribution < 1.29 is 19.7 Å². The van der Waals surface area contributed by atoms with Crippen molar-refractivity contribution in [3.8, 4) is 17.2 Å². The molecule has 0 spiro atoms. The molecule has 0 aromatic heterocycles. The van der Waals surface area contributed by atoms with Gasteiger partial charge in [-0.05, 0) is 47.7 Å². The van der Waals surface area contributed by atoms with Crippen LogP contribution in [-0.2, 0) is 4.79 Å². The number of nitrogens with zero attached hydrogens (tertiary/aromatic N) is 1. The highest BCUT2D eigenvalue weighted by Gasteiger charge is 2.23. The number of phenols is 2. The minimum atomic E-state index is -0.258. The summed E-state index contributed by atoms with van der Waals surface area (Å²) < 4.78 is 5.05. The quantitative estimate of drug-likeness (QED) is 0.746. The van der Waals surface area contributed by atoms with Crippen LogP contribution in [0.4, 0.5) is 5.69 Å². The number of rotatable bonds is 3. The second-order valence-electron chi connectivity index (χ2n) is 4.93. The van der Waals surface area contributed by atoms with Crippen LogP contribution in [0.15, 0.2) is 52.4 Å². The number of nitrogens with one attached hydrogen (secondary N) is 1. The van der Waals surface area contributed by atoms with E-state index < -0.39 is 0 Å². The number of carbonyl (C=O) groups is 1. The van der Waals surface area contributed by atoms with Crippen LogP contribution in [0.5, 0.6) is 17.2 Å². The number of benzene rings is 2. The van der Waals surface area contributed by atoms with E-state index >= 15 is 0 Å². The summed E-state index contributed by atoms with van der Waals surface area (Å²) in [6.07, 6.45) is 1.69. The van der Waals surface area contributed by atoms with Gasteiger partial charge in [0.2, 0.25) is 0 Å². The number of methoxy groups -OCH3 is 1. The zero-order chi connectivity index (χ0) is 17.1. The number of thioether (sulfide) groups is 1. The van der Waals surface area contributed by atoms with E-state index in [-0.39, 0.29) is 17.4 Å². The van der Waals surface area contributed by atoms with Crippen molar-refractivity contribution in [2.45, 2.75) is 0 Å². The maximum absolute atomic E-state index is 12.1. The molecule has 1 heterocycles. The third-order valence-corrected chi connectivity index (χ3v) is 4.12. The average molecular weight is 342 g/mol. The first kappa shape index (κ1) is 15.9. The number of amides is 1. The maximum atomic E-state index is 12.1. The van der Waals surface area contributed by atoms with Gasteiger partial charge in [-0.3, -0.25) is 4.79 Å². The van der Waals surface area contributed by atoms with Crippen molar-refractivity contribution in [1.29, 1.82) is 0 Å². The van der Waals surface area contributed by atoms with Gasteiger partial charge in [0, 0.05) is 6.07 Å². The highest BCUT2D eigenvalue weighted by atomic mass is 32.2. The summed E-state index contributed by atoms with van der Waals surface area (Å²) in [6.45, 7) is 0. The molecule has 3 N–H and O–H groups in total. The standard InChI is InChI=1S/C17H14N2O4S/c1-23-14-7-10(5-6-13(14)21)8-15-16(22)19-17(24-15)18-11-3-2-4-12(20)9-11/h2-9,20-21H,1H3,(H,18,19,22)/b15-8+. The van der Waals surface area contributed by atoms with Gasteiger partial charge in [-0.1, -0.05) is 12.1 Å². The molecular weight excluding hydrogens is 328 g/mol. The zero-order valence-electron chi connectivity index (χ0n) is 12.7. The van der Waals surface area contributed by atoms with Crippen LogP contribution in [0.1, 0.15) is 5.56 Å². The highest BCUT2D eigenvalue weighted by molar-refractivity contribution is 8.18. The van der Waals surface area contributed by atoms with Crippen molar-refractivity contribution in [3.05, 3.63) is 52.9 Å². The van der Waals surface area contributed by atoms with Gasteiger partial charge in [-0.25, -0.2) is 4.99 Å². The molecule has 24 heavy (non-hydrogen) atoms. The van der Waals surface area contributed by atoms with Crippen molar-refractivity contribution in [2.75, 3.05) is 7.11 Å². The van der Waals surface area contributed by atoms with Crippen LogP contribution in [0.3, 0.4) is 0 Å². The van der Waals surface area contributed by atoms with Crippen molar-refractivity contribution in [3.63, 3.8) is 0 Å². The van der Waals surface area contributed by atoms with E-state index in [0.29, 0.717) is 21.5 Å². The lowest BCUT2D eigenvalue weighted by atomic mass is 10.2. The van der Waals surface area contributed by atoms with E-state index in [1.165, 1.54) is 31.0 Å². The number of phenolic OH excluding ortho intramolecular Hbond substituents is 2. The molecule has 1 aliphatic heterocycles. The number of aromatic hydroxyl groups is 2. The van der Waals surface area contributed by atoms with Gasteiger partial charge in [0.25, 0.3) is 5.91 Å². The monoisotopic (exact) mass is 342 g/mol. The number of carbonyl (C=O) groups excluding carboxylic acids is 1. The van der Waals surface area contributed by atoms with Crippen molar-refractivity contribution in [1.82, 2.24) is 5.32 Å². The van der Waals surface area contributed by atoms with E-state index in [4.69, 9.17) is 4.74 Å². The molecule has 1 saturated heterocycles. The summed E-state index contributed by atoms with van der Waals surface area (Å²) in [5.74, 6) is 0.222. The number of amidine groups is 1. The Balaban J connectivity index is 1.84. The molecule has 0 unspecified atom stereocenters. The van der Waals surface area contributed by atoms with E-state index in [9.17, 15) is 15.0 Å². The van der Waals surface area contributed by atoms with Gasteiger partial charge in [0.05, 0.1) is 17.7 Å². The predicted molar refractivity (Wildman–Crippen MR) is 93.6 cm³/mol. The third-order valence-electron chi connectivity index (χ3n) is 3.21. The molecule has 3 rings (SSSR count). The van der Waals surface area contributed by atoms with Crippen LogP contribution in [0.2, 0.25) is 0 Å². The lowest BCUT2D eigenvalue weighted by Crippen LogP contribution is -2.19. The molecule has 0 aliphatic carbocycles. The fraction of sp³-hybridized carbons (Fsp3) is 0.0588. The Morgan fingerprint density at radius 3 is 2.79 bits per heavy atom. The van der Waals surface area contributed by atoms with E-state index in [1.54, 1.807) is 36.4 Å². The Bertz CT molecular complexity index is 861. The summed E-state index contributed by atoms with van der Waals surface area (Å²) in [5, 5.41) is 22.2. The van der Waals surface area contributed by atoms with Gasteiger partial charge in [-0.15, -0.1) is 0 Å². The Kier molecular flexibility index (Phi) is 4.43. The average Bonchev–Trinajstić information content (AvgIpc) is 2.88. The van der Waals surface area contributed by atoms with Crippen molar-refractivity contribution in [2.24, 2.45) is 4.99 Å². The van der Waals surface area contributed by atoms with Crippen LogP contribution in [0.25, 0.3) is 6.08 Å². The Morgan fingerprint density at radius 1 is 1.21 bits per heavy atom. The van der Waals surface area contributed by atoms with Gasteiger partial charge in [0.15, 0.2) is 16.7 Å². The highest BCUT2D eigenvalue weighted by Crippen LogP contribution is 2.31. The SMILES string of the molecule is COc1cc(/C=C2/SC(=Nc3cccc(O)c3)NC2=O)ccc1O. The number of hydrogen-bond acceptors (Lipinski definition) is 6. The number of ether oxygens (including phenoxy) is 1.